The molecule has 0 aliphatic carbocycles. The van der Waals surface area contributed by atoms with E-state index in [-0.39, 0.29) is 17.7 Å². The first kappa shape index (κ1) is 23.9. The van der Waals surface area contributed by atoms with Gasteiger partial charge >= 0.3 is 12.0 Å². The van der Waals surface area contributed by atoms with Crippen LogP contribution in [0.25, 0.3) is 6.08 Å². The number of hydrogen-bond donors (Lipinski definition) is 2. The van der Waals surface area contributed by atoms with Gasteiger partial charge in [0, 0.05) is 0 Å². The standard InChI is InChI=1S/C26H19BrN2O6/c1-15-4-2-3-5-21(15)29-24(31)19(23(30)28-26(29)34)12-17-8-11-22(20(27)13-17)35-14-16-6-9-18(10-7-16)25(32)33/h2-13H,14H2,1H3,(H,32,33)(H,28,30,34)/b19-12+. The molecule has 0 bridgehead atoms. The number of nitrogens with zero attached hydrogens (tertiary/aromatic N) is 1. The van der Waals surface area contributed by atoms with E-state index in [1.165, 1.54) is 18.2 Å². The van der Waals surface area contributed by atoms with Crippen LogP contribution < -0.4 is 15.0 Å². The van der Waals surface area contributed by atoms with Gasteiger partial charge in [-0.25, -0.2) is 14.5 Å². The Balaban J connectivity index is 1.53. The normalized spacial score (nSPS) is 14.7. The van der Waals surface area contributed by atoms with Gasteiger partial charge in [0.1, 0.15) is 17.9 Å². The lowest BCUT2D eigenvalue weighted by Gasteiger charge is -2.27. The number of carbonyl (C=O) groups excluding carboxylic acids is 3. The van der Waals surface area contributed by atoms with Gasteiger partial charge in [-0.15, -0.1) is 0 Å². The zero-order valence-electron chi connectivity index (χ0n) is 18.4. The first-order valence-electron chi connectivity index (χ1n) is 10.5. The predicted octanol–water partition coefficient (Wildman–Crippen LogP) is 4.70. The molecular formula is C26H19BrN2O6. The maximum atomic E-state index is 13.1. The zero-order chi connectivity index (χ0) is 25.1. The molecule has 35 heavy (non-hydrogen) atoms. The molecule has 4 rings (SSSR count). The molecule has 0 unspecified atom stereocenters. The van der Waals surface area contributed by atoms with Crippen LogP contribution in [0.3, 0.4) is 0 Å². The van der Waals surface area contributed by atoms with Gasteiger partial charge in [0.05, 0.1) is 15.7 Å². The molecule has 0 spiro atoms. The van der Waals surface area contributed by atoms with Gasteiger partial charge in [-0.05, 0) is 76.0 Å². The molecule has 0 saturated carbocycles. The number of nitrogens with one attached hydrogen (secondary N) is 1. The molecule has 8 nitrogen and oxygen atoms in total. The number of barbiturate groups is 1. The van der Waals surface area contributed by atoms with Crippen LogP contribution in [0.2, 0.25) is 0 Å². The highest BCUT2D eigenvalue weighted by Gasteiger charge is 2.37. The van der Waals surface area contributed by atoms with Crippen molar-refractivity contribution in [2.24, 2.45) is 0 Å². The van der Waals surface area contributed by atoms with Crippen LogP contribution in [0.15, 0.2) is 76.8 Å². The van der Waals surface area contributed by atoms with Crippen molar-refractivity contribution in [3.63, 3.8) is 0 Å². The first-order chi connectivity index (χ1) is 16.7. The van der Waals surface area contributed by atoms with E-state index in [9.17, 15) is 19.2 Å². The summed E-state index contributed by atoms with van der Waals surface area (Å²) in [6, 6.07) is 17.5. The van der Waals surface area contributed by atoms with Crippen molar-refractivity contribution in [1.82, 2.24) is 5.32 Å². The van der Waals surface area contributed by atoms with Crippen molar-refractivity contribution < 1.29 is 29.0 Å². The Labute approximate surface area is 209 Å². The number of urea groups is 1. The second-order valence-electron chi connectivity index (χ2n) is 7.72. The van der Waals surface area contributed by atoms with Crippen LogP contribution >= 0.6 is 15.9 Å². The summed E-state index contributed by atoms with van der Waals surface area (Å²) in [6.45, 7) is 1.99. The van der Waals surface area contributed by atoms with E-state index in [2.05, 4.69) is 21.2 Å². The number of ether oxygens (including phenoxy) is 1. The highest BCUT2D eigenvalue weighted by Crippen LogP contribution is 2.29. The smallest absolute Gasteiger partial charge is 0.335 e. The maximum absolute atomic E-state index is 13.1. The molecule has 3 aromatic rings. The van der Waals surface area contributed by atoms with Gasteiger partial charge in [-0.3, -0.25) is 14.9 Å². The Morgan fingerprint density at radius 2 is 1.77 bits per heavy atom. The molecule has 176 valence electrons. The van der Waals surface area contributed by atoms with E-state index in [0.29, 0.717) is 27.0 Å². The molecule has 0 atom stereocenters. The van der Waals surface area contributed by atoms with Gasteiger partial charge in [-0.2, -0.15) is 0 Å². The molecule has 1 saturated heterocycles. The SMILES string of the molecule is Cc1ccccc1N1C(=O)NC(=O)/C(=C\c2ccc(OCc3ccc(C(=O)O)cc3)c(Br)c2)C1=O. The van der Waals surface area contributed by atoms with E-state index in [4.69, 9.17) is 9.84 Å². The van der Waals surface area contributed by atoms with Gasteiger partial charge in [0.2, 0.25) is 0 Å². The summed E-state index contributed by atoms with van der Waals surface area (Å²) >= 11 is 3.43. The third kappa shape index (κ3) is 5.15. The number of carbonyl (C=O) groups is 4. The lowest BCUT2D eigenvalue weighted by Crippen LogP contribution is -2.54. The average molecular weight is 535 g/mol. The fourth-order valence-electron chi connectivity index (χ4n) is 3.49. The summed E-state index contributed by atoms with van der Waals surface area (Å²) in [6.07, 6.45) is 1.41. The summed E-state index contributed by atoms with van der Waals surface area (Å²) in [5.74, 6) is -1.97. The molecule has 1 fully saturated rings. The van der Waals surface area contributed by atoms with Crippen molar-refractivity contribution in [3.05, 3.63) is 99.0 Å². The minimum absolute atomic E-state index is 0.174. The monoisotopic (exact) mass is 534 g/mol. The molecule has 9 heteroatoms. The van der Waals surface area contributed by atoms with Crippen LogP contribution in [0.5, 0.6) is 5.75 Å². The number of aryl methyl sites for hydroxylation is 1. The molecule has 1 aliphatic rings. The number of halogens is 1. The topological polar surface area (TPSA) is 113 Å². The molecular weight excluding hydrogens is 516 g/mol. The quantitative estimate of drug-likeness (QED) is 0.350. The van der Waals surface area contributed by atoms with Crippen LogP contribution in [0.1, 0.15) is 27.0 Å². The number of anilines is 1. The molecule has 1 aliphatic heterocycles. The highest BCUT2D eigenvalue weighted by molar-refractivity contribution is 9.10. The fraction of sp³-hybridized carbons (Fsp3) is 0.0769. The zero-order valence-corrected chi connectivity index (χ0v) is 20.0. The number of carboxylic acid groups (broad SMARTS) is 1. The minimum atomic E-state index is -0.999. The Bertz CT molecular complexity index is 1380. The molecule has 4 amide bonds. The number of para-hydroxylation sites is 1. The third-order valence-corrected chi connectivity index (χ3v) is 5.94. The number of aromatic carboxylic acids is 1. The van der Waals surface area contributed by atoms with E-state index >= 15 is 0 Å². The predicted molar refractivity (Wildman–Crippen MR) is 132 cm³/mol. The summed E-state index contributed by atoms with van der Waals surface area (Å²) in [4.78, 5) is 49.8. The van der Waals surface area contributed by atoms with E-state index in [0.717, 1.165) is 10.5 Å². The van der Waals surface area contributed by atoms with Crippen molar-refractivity contribution in [2.45, 2.75) is 13.5 Å². The van der Waals surface area contributed by atoms with Crippen LogP contribution in [-0.2, 0) is 16.2 Å². The van der Waals surface area contributed by atoms with Crippen molar-refractivity contribution in [3.8, 4) is 5.75 Å². The molecule has 2 N–H and O–H groups in total. The Hall–Kier alpha value is -4.24. The second-order valence-corrected chi connectivity index (χ2v) is 8.58. The third-order valence-electron chi connectivity index (χ3n) is 5.32. The average Bonchev–Trinajstić information content (AvgIpc) is 2.82. The summed E-state index contributed by atoms with van der Waals surface area (Å²) < 4.78 is 6.39. The fourth-order valence-corrected chi connectivity index (χ4v) is 4.00. The number of rotatable bonds is 6. The molecule has 3 aromatic carbocycles. The van der Waals surface area contributed by atoms with E-state index in [1.54, 1.807) is 61.5 Å². The molecule has 0 aromatic heterocycles. The minimum Gasteiger partial charge on any atom is -0.488 e. The van der Waals surface area contributed by atoms with Crippen LogP contribution in [0.4, 0.5) is 10.5 Å². The second kappa shape index (κ2) is 9.94. The lowest BCUT2D eigenvalue weighted by atomic mass is 10.1. The summed E-state index contributed by atoms with van der Waals surface area (Å²) in [7, 11) is 0. The van der Waals surface area contributed by atoms with Crippen molar-refractivity contribution >= 4 is 51.5 Å². The summed E-state index contributed by atoms with van der Waals surface area (Å²) in [5.41, 5.74) is 2.47. The number of imide groups is 2. The maximum Gasteiger partial charge on any atom is 0.335 e. The number of carboxylic acids is 1. The van der Waals surface area contributed by atoms with Crippen molar-refractivity contribution in [2.75, 3.05) is 4.90 Å². The summed E-state index contributed by atoms with van der Waals surface area (Å²) in [5, 5.41) is 11.2. The Morgan fingerprint density at radius 1 is 1.06 bits per heavy atom. The molecule has 0 radical (unpaired) electrons. The Morgan fingerprint density at radius 3 is 2.43 bits per heavy atom. The van der Waals surface area contributed by atoms with Crippen LogP contribution in [0, 0.1) is 6.92 Å². The van der Waals surface area contributed by atoms with E-state index < -0.39 is 23.8 Å². The van der Waals surface area contributed by atoms with Gasteiger partial charge in [0.15, 0.2) is 0 Å². The number of amides is 4. The van der Waals surface area contributed by atoms with Crippen LogP contribution in [-0.4, -0.2) is 28.9 Å². The largest absolute Gasteiger partial charge is 0.488 e. The highest BCUT2D eigenvalue weighted by atomic mass is 79.9. The number of benzene rings is 3. The molecule has 1 heterocycles. The Kier molecular flexibility index (Phi) is 6.79. The van der Waals surface area contributed by atoms with Crippen molar-refractivity contribution in [1.29, 1.82) is 0 Å². The van der Waals surface area contributed by atoms with E-state index in [1.807, 2.05) is 0 Å². The first-order valence-corrected chi connectivity index (χ1v) is 11.3. The van der Waals surface area contributed by atoms with Gasteiger partial charge in [0.25, 0.3) is 11.8 Å². The lowest BCUT2D eigenvalue weighted by molar-refractivity contribution is -0.122. The van der Waals surface area contributed by atoms with Gasteiger partial charge < -0.3 is 9.84 Å². The van der Waals surface area contributed by atoms with Gasteiger partial charge in [-0.1, -0.05) is 36.4 Å². The number of hydrogen-bond acceptors (Lipinski definition) is 5.